The molecule has 0 unspecified atom stereocenters. The topological polar surface area (TPSA) is 74.5 Å². The number of hydrogen-bond donors (Lipinski definition) is 0. The van der Waals surface area contributed by atoms with Crippen LogP contribution in [0.2, 0.25) is 15.1 Å². The van der Waals surface area contributed by atoms with Crippen LogP contribution < -0.4 is 0 Å². The molecule has 0 aromatic heterocycles. The highest BCUT2D eigenvalue weighted by Gasteiger charge is 2.21. The van der Waals surface area contributed by atoms with Crippen molar-refractivity contribution in [1.29, 1.82) is 0 Å². The molecule has 29 heavy (non-hydrogen) atoms. The molecule has 0 saturated heterocycles. The molecule has 1 aliphatic heterocycles. The van der Waals surface area contributed by atoms with E-state index in [-0.39, 0.29) is 18.8 Å². The summed E-state index contributed by atoms with van der Waals surface area (Å²) in [6.07, 6.45) is 2.07. The molecule has 1 aliphatic rings. The highest BCUT2D eigenvalue weighted by atomic mass is 35.5. The second kappa shape index (κ2) is 9.31. The third-order valence-electron chi connectivity index (χ3n) is 4.19. The molecular weight excluding hydrogens is 435 g/mol. The fourth-order valence-electron chi connectivity index (χ4n) is 2.70. The van der Waals surface area contributed by atoms with Gasteiger partial charge in [-0.1, -0.05) is 59.9 Å². The maximum Gasteiger partial charge on any atom is 0.332 e. The van der Waals surface area contributed by atoms with Crippen molar-refractivity contribution >= 4 is 57.8 Å². The van der Waals surface area contributed by atoms with Crippen molar-refractivity contribution in [2.45, 2.75) is 13.3 Å². The van der Waals surface area contributed by atoms with Crippen LogP contribution in [0.5, 0.6) is 0 Å². The summed E-state index contributed by atoms with van der Waals surface area (Å²) < 4.78 is 0. The lowest BCUT2D eigenvalue weighted by Crippen LogP contribution is -2.26. The Bertz CT molecular complexity index is 1050. The number of hydrazone groups is 1. The minimum Gasteiger partial charge on any atom is -0.262 e. The van der Waals surface area contributed by atoms with Crippen LogP contribution in [0.4, 0.5) is 0 Å². The van der Waals surface area contributed by atoms with E-state index in [2.05, 4.69) is 15.3 Å². The SMILES string of the molecule is CC/C(=N\N1CN=C(c2ccc(Cl)cc2)C=C1c1ccc(Cl)c(Cl)c1)C(=O)N=O. The molecule has 6 nitrogen and oxygen atoms in total. The molecule has 0 bridgehead atoms. The number of halogens is 3. The number of carbonyl (C=O) groups is 1. The van der Waals surface area contributed by atoms with E-state index < -0.39 is 5.91 Å². The molecule has 1 amide bonds. The lowest BCUT2D eigenvalue weighted by molar-refractivity contribution is -0.112. The van der Waals surface area contributed by atoms with Crippen LogP contribution in [0.15, 0.2) is 63.8 Å². The fraction of sp³-hybridized carbons (Fsp3) is 0.150. The first-order valence-electron chi connectivity index (χ1n) is 8.63. The second-order valence-corrected chi connectivity index (χ2v) is 7.30. The first-order chi connectivity index (χ1) is 13.9. The van der Waals surface area contributed by atoms with Gasteiger partial charge >= 0.3 is 5.91 Å². The highest BCUT2D eigenvalue weighted by molar-refractivity contribution is 6.42. The average molecular weight is 450 g/mol. The Kier molecular flexibility index (Phi) is 6.79. The largest absolute Gasteiger partial charge is 0.332 e. The van der Waals surface area contributed by atoms with Gasteiger partial charge in [0.25, 0.3) is 0 Å². The van der Waals surface area contributed by atoms with Crippen molar-refractivity contribution in [2.24, 2.45) is 15.3 Å². The van der Waals surface area contributed by atoms with Crippen LogP contribution >= 0.6 is 34.8 Å². The van der Waals surface area contributed by atoms with Gasteiger partial charge in [0.2, 0.25) is 0 Å². The molecule has 148 valence electrons. The summed E-state index contributed by atoms with van der Waals surface area (Å²) in [5.41, 5.74) is 3.00. The number of hydrogen-bond acceptors (Lipinski definition) is 5. The van der Waals surface area contributed by atoms with E-state index in [0.717, 1.165) is 11.1 Å². The molecular formula is C20H15Cl3N4O2. The molecule has 0 spiro atoms. The van der Waals surface area contributed by atoms with Crippen LogP contribution in [-0.2, 0) is 4.79 Å². The predicted octanol–water partition coefficient (Wildman–Crippen LogP) is 5.81. The number of nitroso groups, excluding NO2 is 1. The quantitative estimate of drug-likeness (QED) is 0.427. The van der Waals surface area contributed by atoms with Gasteiger partial charge in [0, 0.05) is 15.8 Å². The molecule has 0 radical (unpaired) electrons. The number of carbonyl (C=O) groups excluding carboxylic acids is 1. The minimum absolute atomic E-state index is 0.0381. The third kappa shape index (κ3) is 4.90. The van der Waals surface area contributed by atoms with Crippen LogP contribution in [0.3, 0.4) is 0 Å². The monoisotopic (exact) mass is 448 g/mol. The maximum absolute atomic E-state index is 11.7. The van der Waals surface area contributed by atoms with Gasteiger partial charge in [-0.15, -0.1) is 4.91 Å². The van der Waals surface area contributed by atoms with Crippen LogP contribution in [0, 0.1) is 4.91 Å². The number of aliphatic imine (C=N–C) groups is 1. The van der Waals surface area contributed by atoms with E-state index in [1.165, 1.54) is 5.01 Å². The minimum atomic E-state index is -0.909. The van der Waals surface area contributed by atoms with E-state index in [0.29, 0.717) is 26.5 Å². The van der Waals surface area contributed by atoms with E-state index in [1.807, 2.05) is 18.2 Å². The summed E-state index contributed by atoms with van der Waals surface area (Å²) >= 11 is 18.2. The van der Waals surface area contributed by atoms with Crippen molar-refractivity contribution in [1.82, 2.24) is 5.01 Å². The third-order valence-corrected chi connectivity index (χ3v) is 5.18. The van der Waals surface area contributed by atoms with Crippen molar-refractivity contribution in [3.8, 4) is 0 Å². The van der Waals surface area contributed by atoms with Gasteiger partial charge in [0.05, 0.1) is 21.5 Å². The molecule has 0 fully saturated rings. The second-order valence-electron chi connectivity index (χ2n) is 6.05. The number of amides is 1. The van der Waals surface area contributed by atoms with Gasteiger partial charge < -0.3 is 0 Å². The summed E-state index contributed by atoms with van der Waals surface area (Å²) in [6.45, 7) is 1.86. The molecule has 0 saturated carbocycles. The molecule has 9 heteroatoms. The molecule has 2 aromatic rings. The van der Waals surface area contributed by atoms with Gasteiger partial charge in [0.1, 0.15) is 12.4 Å². The normalized spacial score (nSPS) is 14.3. The standard InChI is InChI=1S/C20H15Cl3N4O2/c1-2-17(20(28)26-29)25-27-11-24-18(12-3-6-14(21)7-4-12)10-19(27)13-5-8-15(22)16(23)9-13/h3-10H,2,11H2,1H3/b25-17+. The Morgan fingerprint density at radius 3 is 2.38 bits per heavy atom. The van der Waals surface area contributed by atoms with Crippen LogP contribution in [0.1, 0.15) is 24.5 Å². The lowest BCUT2D eigenvalue weighted by Gasteiger charge is -2.26. The zero-order valence-corrected chi connectivity index (χ0v) is 17.5. The number of nitrogens with zero attached hydrogens (tertiary/aromatic N) is 4. The maximum atomic E-state index is 11.7. The summed E-state index contributed by atoms with van der Waals surface area (Å²) in [7, 11) is 0. The van der Waals surface area contributed by atoms with Crippen LogP contribution in [-0.4, -0.2) is 29.0 Å². The molecule has 3 rings (SSSR count). The lowest BCUT2D eigenvalue weighted by atomic mass is 10.0. The average Bonchev–Trinajstić information content (AvgIpc) is 2.74. The molecule has 0 atom stereocenters. The fourth-order valence-corrected chi connectivity index (χ4v) is 3.12. The molecule has 0 aliphatic carbocycles. The van der Waals surface area contributed by atoms with Gasteiger partial charge in [-0.05, 0) is 42.3 Å². The van der Waals surface area contributed by atoms with E-state index in [4.69, 9.17) is 34.8 Å². The summed E-state index contributed by atoms with van der Waals surface area (Å²) in [5, 5.41) is 9.73. The zero-order valence-electron chi connectivity index (χ0n) is 15.3. The summed E-state index contributed by atoms with van der Waals surface area (Å²) in [4.78, 5) is 26.9. The van der Waals surface area contributed by atoms with Gasteiger partial charge in [0.15, 0.2) is 0 Å². The van der Waals surface area contributed by atoms with Gasteiger partial charge in [-0.3, -0.25) is 9.79 Å². The Morgan fingerprint density at radius 1 is 1.07 bits per heavy atom. The zero-order chi connectivity index (χ0) is 21.0. The van der Waals surface area contributed by atoms with Gasteiger partial charge in [-0.25, -0.2) is 5.01 Å². The number of rotatable bonds is 5. The molecule has 2 aromatic carbocycles. The first kappa shape index (κ1) is 21.2. The van der Waals surface area contributed by atoms with E-state index in [9.17, 15) is 9.70 Å². The van der Waals surface area contributed by atoms with Crippen molar-refractivity contribution in [3.63, 3.8) is 0 Å². The van der Waals surface area contributed by atoms with Crippen LogP contribution in [0.25, 0.3) is 5.70 Å². The first-order valence-corrected chi connectivity index (χ1v) is 9.76. The van der Waals surface area contributed by atoms with E-state index >= 15 is 0 Å². The Balaban J connectivity index is 2.08. The Morgan fingerprint density at radius 2 is 1.76 bits per heavy atom. The predicted molar refractivity (Wildman–Crippen MR) is 118 cm³/mol. The summed E-state index contributed by atoms with van der Waals surface area (Å²) in [6, 6.07) is 12.4. The molecule has 0 N–H and O–H groups in total. The van der Waals surface area contributed by atoms with Gasteiger partial charge in [-0.2, -0.15) is 5.10 Å². The number of allylic oxidation sites excluding steroid dienone is 1. The van der Waals surface area contributed by atoms with Crippen molar-refractivity contribution in [3.05, 3.63) is 79.6 Å². The Hall–Kier alpha value is -2.54. The summed E-state index contributed by atoms with van der Waals surface area (Å²) in [5.74, 6) is -0.909. The smallest absolute Gasteiger partial charge is 0.262 e. The number of benzene rings is 2. The van der Waals surface area contributed by atoms with Crippen molar-refractivity contribution in [2.75, 3.05) is 6.67 Å². The molecule has 1 heterocycles. The van der Waals surface area contributed by atoms with E-state index in [1.54, 1.807) is 37.3 Å². The van der Waals surface area contributed by atoms with Crippen molar-refractivity contribution < 1.29 is 4.79 Å². The highest BCUT2D eigenvalue weighted by Crippen LogP contribution is 2.30. The Labute approximate surface area is 182 Å².